The van der Waals surface area contributed by atoms with Gasteiger partial charge >= 0.3 is 0 Å². The van der Waals surface area contributed by atoms with Gasteiger partial charge in [-0.15, -0.1) is 11.3 Å². The maximum absolute atomic E-state index is 13.2. The first-order valence-electron chi connectivity index (χ1n) is 8.61. The van der Waals surface area contributed by atoms with Crippen LogP contribution in [0.1, 0.15) is 21.7 Å². The Labute approximate surface area is 183 Å². The molecule has 0 spiro atoms. The molecule has 0 aliphatic rings. The number of rotatable bonds is 6. The molecular weight excluding hydrogens is 480 g/mol. The lowest BCUT2D eigenvalue weighted by atomic mass is 10.2. The largest absolute Gasteiger partial charge is 0.337 e. The number of fused-ring (bicyclic) bond motifs is 1. The number of carbonyl (C=O) groups excluding carboxylic acids is 1. The fraction of sp³-hybridized carbons (Fsp3) is 0.211. The number of aryl methyl sites for hydroxylation is 2. The number of benzene rings is 1. The molecule has 0 radical (unpaired) electrons. The summed E-state index contributed by atoms with van der Waals surface area (Å²) in [7, 11) is 0. The van der Waals surface area contributed by atoms with Gasteiger partial charge < -0.3 is 4.57 Å². The smallest absolute Gasteiger partial charge is 0.270 e. The van der Waals surface area contributed by atoms with Crippen molar-refractivity contribution < 1.29 is 4.79 Å². The Kier molecular flexibility index (Phi) is 5.82. The molecule has 1 aromatic carbocycles. The number of hydrogen-bond acceptors (Lipinski definition) is 5. The Morgan fingerprint density at radius 3 is 2.86 bits per heavy atom. The Bertz CT molecular complexity index is 1120. The summed E-state index contributed by atoms with van der Waals surface area (Å²) in [6.07, 6.45) is 6.26. The number of anilines is 1. The third kappa shape index (κ3) is 4.00. The molecule has 5 nitrogen and oxygen atoms in total. The molecule has 0 N–H and O–H groups in total. The van der Waals surface area contributed by atoms with Gasteiger partial charge in [-0.05, 0) is 59.1 Å². The minimum absolute atomic E-state index is 0.0378. The average Bonchev–Trinajstić information content (AvgIpc) is 3.42. The zero-order valence-corrected chi connectivity index (χ0v) is 18.9. The Balaban J connectivity index is 1.65. The van der Waals surface area contributed by atoms with Gasteiger partial charge in [0.1, 0.15) is 0 Å². The second-order valence-electron chi connectivity index (χ2n) is 6.23. The number of amides is 1. The van der Waals surface area contributed by atoms with Gasteiger partial charge in [0.2, 0.25) is 0 Å². The van der Waals surface area contributed by atoms with Crippen LogP contribution in [0.2, 0.25) is 5.02 Å². The monoisotopic (exact) mass is 494 g/mol. The van der Waals surface area contributed by atoms with E-state index < -0.39 is 0 Å². The highest BCUT2D eigenvalue weighted by molar-refractivity contribution is 9.11. The first-order valence-corrected chi connectivity index (χ1v) is 11.4. The van der Waals surface area contributed by atoms with Gasteiger partial charge in [-0.1, -0.05) is 22.9 Å². The number of nitrogens with zero attached hydrogens (tertiary/aromatic N) is 4. The highest BCUT2D eigenvalue weighted by Crippen LogP contribution is 2.35. The van der Waals surface area contributed by atoms with Crippen molar-refractivity contribution in [2.45, 2.75) is 19.9 Å². The molecule has 4 rings (SSSR count). The first kappa shape index (κ1) is 19.6. The number of imidazole rings is 1. The molecule has 0 bridgehead atoms. The lowest BCUT2D eigenvalue weighted by Crippen LogP contribution is -2.31. The van der Waals surface area contributed by atoms with E-state index in [1.54, 1.807) is 17.4 Å². The molecule has 3 heterocycles. The van der Waals surface area contributed by atoms with Crippen molar-refractivity contribution in [2.75, 3.05) is 11.4 Å². The van der Waals surface area contributed by atoms with Crippen LogP contribution >= 0.6 is 50.2 Å². The number of aromatic nitrogens is 3. The molecule has 0 aliphatic carbocycles. The predicted octanol–water partition coefficient (Wildman–Crippen LogP) is 6.02. The molecule has 4 aromatic rings. The molecule has 1 amide bonds. The normalized spacial score (nSPS) is 11.2. The van der Waals surface area contributed by atoms with Gasteiger partial charge in [0.05, 0.1) is 25.2 Å². The summed E-state index contributed by atoms with van der Waals surface area (Å²) in [5.41, 5.74) is 1.79. The van der Waals surface area contributed by atoms with Crippen LogP contribution in [0.5, 0.6) is 0 Å². The third-order valence-electron chi connectivity index (χ3n) is 4.35. The third-order valence-corrected chi connectivity index (χ3v) is 7.42. The number of thiophene rings is 1. The number of hydrogen-bond donors (Lipinski definition) is 0. The van der Waals surface area contributed by atoms with E-state index in [9.17, 15) is 4.79 Å². The van der Waals surface area contributed by atoms with Crippen LogP contribution in [0.25, 0.3) is 10.2 Å². The molecule has 144 valence electrons. The molecule has 3 aromatic heterocycles. The highest BCUT2D eigenvalue weighted by atomic mass is 79.9. The summed E-state index contributed by atoms with van der Waals surface area (Å²) in [5.74, 6) is -0.0378. The van der Waals surface area contributed by atoms with Gasteiger partial charge in [-0.2, -0.15) is 0 Å². The SMILES string of the molecule is Cc1c(Cl)ccc2sc(N(CCCn3ccnc3)C(=O)c3ccc(Br)s3)nc12. The fourth-order valence-electron chi connectivity index (χ4n) is 2.88. The minimum atomic E-state index is -0.0378. The van der Waals surface area contributed by atoms with E-state index in [1.807, 2.05) is 42.0 Å². The maximum Gasteiger partial charge on any atom is 0.270 e. The zero-order chi connectivity index (χ0) is 19.7. The second-order valence-corrected chi connectivity index (χ2v) is 10.1. The topological polar surface area (TPSA) is 51.0 Å². The van der Waals surface area contributed by atoms with Crippen LogP contribution in [0, 0.1) is 6.92 Å². The fourth-order valence-corrected chi connectivity index (χ4v) is 5.42. The van der Waals surface area contributed by atoms with Crippen LogP contribution in [0.4, 0.5) is 5.13 Å². The molecule has 0 fully saturated rings. The average molecular weight is 496 g/mol. The molecule has 0 aliphatic heterocycles. The van der Waals surface area contributed by atoms with Crippen LogP contribution < -0.4 is 4.90 Å². The van der Waals surface area contributed by atoms with Crippen LogP contribution in [0.3, 0.4) is 0 Å². The Morgan fingerprint density at radius 2 is 2.14 bits per heavy atom. The van der Waals surface area contributed by atoms with Crippen molar-refractivity contribution in [1.82, 2.24) is 14.5 Å². The van der Waals surface area contributed by atoms with Crippen LogP contribution in [-0.4, -0.2) is 27.0 Å². The van der Waals surface area contributed by atoms with Gasteiger partial charge in [-0.25, -0.2) is 9.97 Å². The van der Waals surface area contributed by atoms with Crippen molar-refractivity contribution in [3.8, 4) is 0 Å². The van der Waals surface area contributed by atoms with Crippen LogP contribution in [-0.2, 0) is 6.54 Å². The molecule has 0 unspecified atom stereocenters. The number of thiazole rings is 1. The van der Waals surface area contributed by atoms with Gasteiger partial charge in [0.15, 0.2) is 5.13 Å². The first-order chi connectivity index (χ1) is 13.5. The van der Waals surface area contributed by atoms with Gasteiger partial charge in [-0.3, -0.25) is 9.69 Å². The van der Waals surface area contributed by atoms with Crippen molar-refractivity contribution in [2.24, 2.45) is 0 Å². The van der Waals surface area contributed by atoms with Crippen LogP contribution in [0.15, 0.2) is 46.8 Å². The van der Waals surface area contributed by atoms with E-state index in [1.165, 1.54) is 22.7 Å². The van der Waals surface area contributed by atoms with E-state index in [2.05, 4.69) is 20.9 Å². The summed E-state index contributed by atoms with van der Waals surface area (Å²) in [5, 5.41) is 1.38. The van der Waals surface area contributed by atoms with Gasteiger partial charge in [0, 0.05) is 30.5 Å². The number of halogens is 2. The zero-order valence-electron chi connectivity index (χ0n) is 14.9. The summed E-state index contributed by atoms with van der Waals surface area (Å²) in [4.78, 5) is 24.5. The quantitative estimate of drug-likeness (QED) is 0.329. The molecular formula is C19H16BrClN4OS2. The summed E-state index contributed by atoms with van der Waals surface area (Å²) >= 11 is 12.6. The van der Waals surface area contributed by atoms with Gasteiger partial charge in [0.25, 0.3) is 5.91 Å². The lowest BCUT2D eigenvalue weighted by molar-refractivity contribution is 0.0990. The minimum Gasteiger partial charge on any atom is -0.337 e. The second kappa shape index (κ2) is 8.32. The summed E-state index contributed by atoms with van der Waals surface area (Å²) in [6.45, 7) is 3.31. The molecule has 9 heteroatoms. The van der Waals surface area contributed by atoms with E-state index in [0.29, 0.717) is 21.6 Å². The van der Waals surface area contributed by atoms with E-state index >= 15 is 0 Å². The summed E-state index contributed by atoms with van der Waals surface area (Å²) in [6, 6.07) is 7.57. The lowest BCUT2D eigenvalue weighted by Gasteiger charge is -2.19. The van der Waals surface area contributed by atoms with Crippen molar-refractivity contribution in [3.05, 3.63) is 62.2 Å². The standard InChI is InChI=1S/C19H16BrClN4OS2/c1-12-13(21)3-4-14-17(12)23-19(28-14)25(9-2-8-24-10-7-22-11-24)18(26)15-5-6-16(20)27-15/h3-7,10-11H,2,8-9H2,1H3. The Morgan fingerprint density at radius 1 is 1.29 bits per heavy atom. The molecule has 0 saturated carbocycles. The maximum atomic E-state index is 13.2. The van der Waals surface area contributed by atoms with Crippen molar-refractivity contribution >= 4 is 71.5 Å². The van der Waals surface area contributed by atoms with Crippen molar-refractivity contribution in [3.63, 3.8) is 0 Å². The number of carbonyl (C=O) groups is 1. The Hall–Kier alpha value is -1.74. The summed E-state index contributed by atoms with van der Waals surface area (Å²) < 4.78 is 3.96. The van der Waals surface area contributed by atoms with E-state index in [0.717, 1.165) is 32.5 Å². The molecule has 0 atom stereocenters. The van der Waals surface area contributed by atoms with E-state index in [4.69, 9.17) is 16.6 Å². The molecule has 28 heavy (non-hydrogen) atoms. The predicted molar refractivity (Wildman–Crippen MR) is 120 cm³/mol. The highest BCUT2D eigenvalue weighted by Gasteiger charge is 2.23. The van der Waals surface area contributed by atoms with E-state index in [-0.39, 0.29) is 5.91 Å². The van der Waals surface area contributed by atoms with Crippen molar-refractivity contribution in [1.29, 1.82) is 0 Å². The molecule has 0 saturated heterocycles.